The van der Waals surface area contributed by atoms with Gasteiger partial charge in [-0.05, 0) is 25.1 Å². The second-order valence-corrected chi connectivity index (χ2v) is 5.25. The molecule has 0 aliphatic carbocycles. The van der Waals surface area contributed by atoms with E-state index in [4.69, 9.17) is 11.6 Å². The molecule has 14 heavy (non-hydrogen) atoms. The molecular formula is C8H9ClN2O2S. The summed E-state index contributed by atoms with van der Waals surface area (Å²) in [6.45, 7) is 1.73. The van der Waals surface area contributed by atoms with Gasteiger partial charge in [-0.25, -0.2) is 8.42 Å². The van der Waals surface area contributed by atoms with Crippen LogP contribution in [0.3, 0.4) is 0 Å². The smallest absolute Gasteiger partial charge is 0.244 e. The van der Waals surface area contributed by atoms with E-state index >= 15 is 0 Å². The van der Waals surface area contributed by atoms with E-state index in [1.54, 1.807) is 19.1 Å². The summed E-state index contributed by atoms with van der Waals surface area (Å²) in [5.74, 6) is 0. The lowest BCUT2D eigenvalue weighted by Crippen LogP contribution is -2.42. The highest BCUT2D eigenvalue weighted by Crippen LogP contribution is 2.28. The molecule has 1 heterocycles. The van der Waals surface area contributed by atoms with Gasteiger partial charge in [0.1, 0.15) is 4.90 Å². The van der Waals surface area contributed by atoms with Gasteiger partial charge >= 0.3 is 0 Å². The molecule has 4 nitrogen and oxygen atoms in total. The maximum absolute atomic E-state index is 11.6. The predicted molar refractivity (Wildman–Crippen MR) is 54.9 cm³/mol. The molecule has 6 heteroatoms. The van der Waals surface area contributed by atoms with Crippen LogP contribution in [0.25, 0.3) is 0 Å². The summed E-state index contributed by atoms with van der Waals surface area (Å²) in [5, 5.41) is 3.40. The fourth-order valence-corrected chi connectivity index (χ4v) is 2.98. The van der Waals surface area contributed by atoms with Gasteiger partial charge in [0, 0.05) is 5.02 Å². The Morgan fingerprint density at radius 3 is 2.86 bits per heavy atom. The molecule has 0 radical (unpaired) electrons. The number of hydrogen-bond acceptors (Lipinski definition) is 3. The van der Waals surface area contributed by atoms with Crippen molar-refractivity contribution in [1.29, 1.82) is 0 Å². The second-order valence-electron chi connectivity index (χ2n) is 3.13. The van der Waals surface area contributed by atoms with Gasteiger partial charge in [-0.3, -0.25) is 0 Å². The minimum Gasteiger partial charge on any atom is -0.368 e. The standard InChI is InChI=1S/C8H9ClN2O2S/c1-5-10-7-3-2-6(9)4-8(7)14(12,13)11-5/h2-5,10-11H,1H3. The van der Waals surface area contributed by atoms with E-state index in [0.29, 0.717) is 10.7 Å². The van der Waals surface area contributed by atoms with Gasteiger partial charge in [-0.2, -0.15) is 4.72 Å². The first-order valence-electron chi connectivity index (χ1n) is 4.07. The molecule has 1 unspecified atom stereocenters. The Morgan fingerprint density at radius 1 is 1.43 bits per heavy atom. The van der Waals surface area contributed by atoms with Crippen molar-refractivity contribution in [3.05, 3.63) is 23.2 Å². The maximum Gasteiger partial charge on any atom is 0.244 e. The highest BCUT2D eigenvalue weighted by molar-refractivity contribution is 7.89. The number of halogens is 1. The molecule has 0 saturated heterocycles. The predicted octanol–water partition coefficient (Wildman–Crippen LogP) is 1.39. The van der Waals surface area contributed by atoms with Crippen LogP contribution in [-0.2, 0) is 10.0 Å². The molecule has 1 atom stereocenters. The number of anilines is 1. The van der Waals surface area contributed by atoms with Gasteiger partial charge in [-0.15, -0.1) is 0 Å². The second kappa shape index (κ2) is 3.12. The van der Waals surface area contributed by atoms with Crippen molar-refractivity contribution >= 4 is 27.3 Å². The summed E-state index contributed by atoms with van der Waals surface area (Å²) >= 11 is 5.72. The van der Waals surface area contributed by atoms with Crippen molar-refractivity contribution in [2.45, 2.75) is 18.0 Å². The van der Waals surface area contributed by atoms with Crippen molar-refractivity contribution in [3.8, 4) is 0 Å². The third-order valence-corrected chi connectivity index (χ3v) is 3.75. The van der Waals surface area contributed by atoms with E-state index in [2.05, 4.69) is 10.0 Å². The fourth-order valence-electron chi connectivity index (χ4n) is 1.40. The molecule has 2 N–H and O–H groups in total. The lowest BCUT2D eigenvalue weighted by molar-refractivity contribution is 0.565. The summed E-state index contributed by atoms with van der Waals surface area (Å²) in [4.78, 5) is 0.197. The van der Waals surface area contributed by atoms with Crippen molar-refractivity contribution in [1.82, 2.24) is 4.72 Å². The van der Waals surface area contributed by atoms with Crippen LogP contribution in [0.4, 0.5) is 5.69 Å². The number of rotatable bonds is 0. The summed E-state index contributed by atoms with van der Waals surface area (Å²) in [6.07, 6.45) is -0.298. The van der Waals surface area contributed by atoms with Crippen LogP contribution in [-0.4, -0.2) is 14.6 Å². The van der Waals surface area contributed by atoms with Crippen LogP contribution in [0, 0.1) is 0 Å². The Balaban J connectivity index is 2.65. The number of hydrogen-bond donors (Lipinski definition) is 2. The lowest BCUT2D eigenvalue weighted by atomic mass is 10.3. The normalized spacial score (nSPS) is 23.7. The Hall–Kier alpha value is -0.780. The number of nitrogens with one attached hydrogen (secondary N) is 2. The zero-order chi connectivity index (χ0) is 10.3. The number of sulfonamides is 1. The van der Waals surface area contributed by atoms with E-state index in [-0.39, 0.29) is 11.1 Å². The molecule has 1 aliphatic rings. The molecule has 0 amide bonds. The first-order valence-corrected chi connectivity index (χ1v) is 5.93. The van der Waals surface area contributed by atoms with Crippen LogP contribution >= 0.6 is 11.6 Å². The zero-order valence-corrected chi connectivity index (χ0v) is 8.98. The van der Waals surface area contributed by atoms with Gasteiger partial charge in [0.2, 0.25) is 10.0 Å². The van der Waals surface area contributed by atoms with E-state index in [9.17, 15) is 8.42 Å². The van der Waals surface area contributed by atoms with Crippen molar-refractivity contribution in [2.75, 3.05) is 5.32 Å². The van der Waals surface area contributed by atoms with Gasteiger partial charge in [-0.1, -0.05) is 11.6 Å². The third kappa shape index (κ3) is 1.58. The van der Waals surface area contributed by atoms with E-state index in [1.165, 1.54) is 6.07 Å². The van der Waals surface area contributed by atoms with Crippen molar-refractivity contribution in [3.63, 3.8) is 0 Å². The fraction of sp³-hybridized carbons (Fsp3) is 0.250. The Morgan fingerprint density at radius 2 is 2.14 bits per heavy atom. The molecule has 1 aromatic rings. The van der Waals surface area contributed by atoms with Crippen LogP contribution in [0.2, 0.25) is 5.02 Å². The van der Waals surface area contributed by atoms with E-state index < -0.39 is 10.0 Å². The van der Waals surface area contributed by atoms with Crippen molar-refractivity contribution < 1.29 is 8.42 Å². The summed E-state index contributed by atoms with van der Waals surface area (Å²) in [6, 6.07) is 4.74. The maximum atomic E-state index is 11.6. The highest BCUT2D eigenvalue weighted by Gasteiger charge is 2.26. The monoisotopic (exact) mass is 232 g/mol. The van der Waals surface area contributed by atoms with Gasteiger partial charge < -0.3 is 5.32 Å². The SMILES string of the molecule is CC1Nc2ccc(Cl)cc2S(=O)(=O)N1. The Labute approximate surface area is 87.3 Å². The van der Waals surface area contributed by atoms with Gasteiger partial charge in [0.15, 0.2) is 0 Å². The summed E-state index contributed by atoms with van der Waals surface area (Å²) in [5.41, 5.74) is 0.584. The third-order valence-electron chi connectivity index (χ3n) is 1.94. The molecule has 76 valence electrons. The van der Waals surface area contributed by atoms with Crippen molar-refractivity contribution in [2.24, 2.45) is 0 Å². The zero-order valence-electron chi connectivity index (χ0n) is 7.41. The highest BCUT2D eigenvalue weighted by atomic mass is 35.5. The topological polar surface area (TPSA) is 58.2 Å². The largest absolute Gasteiger partial charge is 0.368 e. The molecule has 0 bridgehead atoms. The molecule has 1 aromatic carbocycles. The van der Waals surface area contributed by atoms with Gasteiger partial charge in [0.25, 0.3) is 0 Å². The first-order chi connectivity index (χ1) is 6.49. The van der Waals surface area contributed by atoms with Crippen LogP contribution in [0.1, 0.15) is 6.92 Å². The minimum absolute atomic E-state index is 0.197. The molecule has 1 aliphatic heterocycles. The first kappa shape index (κ1) is 9.76. The molecule has 2 rings (SSSR count). The lowest BCUT2D eigenvalue weighted by Gasteiger charge is -2.25. The average Bonchev–Trinajstić information content (AvgIpc) is 2.05. The van der Waals surface area contributed by atoms with Crippen LogP contribution < -0.4 is 10.0 Å². The quantitative estimate of drug-likeness (QED) is 0.711. The molecule has 0 saturated carbocycles. The molecule has 0 aromatic heterocycles. The molecule has 0 fully saturated rings. The Bertz CT molecular complexity index is 472. The van der Waals surface area contributed by atoms with Gasteiger partial charge in [0.05, 0.1) is 11.9 Å². The number of benzene rings is 1. The van der Waals surface area contributed by atoms with Crippen LogP contribution in [0.5, 0.6) is 0 Å². The average molecular weight is 233 g/mol. The van der Waals surface area contributed by atoms with E-state index in [1.807, 2.05) is 0 Å². The molecular weight excluding hydrogens is 224 g/mol. The Kier molecular flexibility index (Phi) is 2.17. The summed E-state index contributed by atoms with van der Waals surface area (Å²) in [7, 11) is -3.41. The van der Waals surface area contributed by atoms with E-state index in [0.717, 1.165) is 0 Å². The molecule has 0 spiro atoms. The summed E-state index contributed by atoms with van der Waals surface area (Å²) < 4.78 is 25.7. The number of fused-ring (bicyclic) bond motifs is 1. The van der Waals surface area contributed by atoms with Crippen LogP contribution in [0.15, 0.2) is 23.1 Å². The minimum atomic E-state index is -3.41.